The van der Waals surface area contributed by atoms with Gasteiger partial charge in [-0.3, -0.25) is 4.31 Å². The second-order valence-electron chi connectivity index (χ2n) is 4.54. The third kappa shape index (κ3) is 2.75. The van der Waals surface area contributed by atoms with Crippen molar-refractivity contribution in [2.75, 3.05) is 11.4 Å². The Morgan fingerprint density at radius 3 is 2.24 bits per heavy atom. The topological polar surface area (TPSA) is 74.7 Å². The van der Waals surface area contributed by atoms with Crippen molar-refractivity contribution in [3.05, 3.63) is 59.7 Å². The van der Waals surface area contributed by atoms with Crippen molar-refractivity contribution in [1.82, 2.24) is 0 Å². The van der Waals surface area contributed by atoms with Gasteiger partial charge < -0.3 is 5.11 Å². The quantitative estimate of drug-likeness (QED) is 0.942. The van der Waals surface area contributed by atoms with Crippen molar-refractivity contribution in [3.8, 4) is 0 Å². The lowest BCUT2D eigenvalue weighted by Crippen LogP contribution is -2.27. The number of benzene rings is 2. The standard InChI is InChI=1S/C15H15NO4S/c1-11-13(15(17)18)9-6-10-14(11)21(19,20)16(2)12-7-4-3-5-8-12/h3-10H,1-2H3,(H,17,18). The van der Waals surface area contributed by atoms with E-state index < -0.39 is 16.0 Å². The maximum Gasteiger partial charge on any atom is 0.335 e. The van der Waals surface area contributed by atoms with E-state index in [4.69, 9.17) is 5.11 Å². The lowest BCUT2D eigenvalue weighted by Gasteiger charge is -2.21. The molecule has 2 rings (SSSR count). The second-order valence-corrected chi connectivity index (χ2v) is 6.48. The van der Waals surface area contributed by atoms with E-state index in [9.17, 15) is 13.2 Å². The number of carboxylic acids is 1. The monoisotopic (exact) mass is 305 g/mol. The van der Waals surface area contributed by atoms with Gasteiger partial charge in [0.2, 0.25) is 0 Å². The number of nitrogens with zero attached hydrogens (tertiary/aromatic N) is 1. The smallest absolute Gasteiger partial charge is 0.335 e. The first-order chi connectivity index (χ1) is 9.85. The van der Waals surface area contributed by atoms with Gasteiger partial charge in [-0.15, -0.1) is 0 Å². The third-order valence-corrected chi connectivity index (χ3v) is 5.20. The van der Waals surface area contributed by atoms with Crippen LogP contribution >= 0.6 is 0 Å². The van der Waals surface area contributed by atoms with Gasteiger partial charge >= 0.3 is 5.97 Å². The van der Waals surface area contributed by atoms with Gasteiger partial charge in [0, 0.05) is 7.05 Å². The molecule has 0 atom stereocenters. The minimum atomic E-state index is -3.81. The highest BCUT2D eigenvalue weighted by atomic mass is 32.2. The number of sulfonamides is 1. The number of hydrogen-bond acceptors (Lipinski definition) is 3. The van der Waals surface area contributed by atoms with Crippen LogP contribution in [-0.2, 0) is 10.0 Å². The molecule has 6 heteroatoms. The van der Waals surface area contributed by atoms with Gasteiger partial charge in [-0.25, -0.2) is 13.2 Å². The molecule has 0 aromatic heterocycles. The van der Waals surface area contributed by atoms with E-state index in [0.29, 0.717) is 5.69 Å². The lowest BCUT2D eigenvalue weighted by molar-refractivity contribution is 0.0696. The van der Waals surface area contributed by atoms with Crippen LogP contribution in [0.5, 0.6) is 0 Å². The van der Waals surface area contributed by atoms with Gasteiger partial charge in [0.1, 0.15) is 0 Å². The van der Waals surface area contributed by atoms with Crippen LogP contribution in [0.2, 0.25) is 0 Å². The minimum Gasteiger partial charge on any atom is -0.478 e. The Balaban J connectivity index is 2.55. The van der Waals surface area contributed by atoms with Crippen LogP contribution in [0.3, 0.4) is 0 Å². The van der Waals surface area contributed by atoms with Crippen LogP contribution in [-0.4, -0.2) is 26.5 Å². The van der Waals surface area contributed by atoms with Crippen LogP contribution in [0.15, 0.2) is 53.4 Å². The van der Waals surface area contributed by atoms with Gasteiger partial charge in [0.25, 0.3) is 10.0 Å². The molecule has 0 aliphatic carbocycles. The average molecular weight is 305 g/mol. The van der Waals surface area contributed by atoms with Gasteiger partial charge in [-0.2, -0.15) is 0 Å². The Morgan fingerprint density at radius 1 is 1.05 bits per heavy atom. The minimum absolute atomic E-state index is 0.00578. The zero-order valence-electron chi connectivity index (χ0n) is 11.6. The molecular weight excluding hydrogens is 290 g/mol. The van der Waals surface area contributed by atoms with E-state index in [1.807, 2.05) is 0 Å². The highest BCUT2D eigenvalue weighted by Gasteiger charge is 2.25. The van der Waals surface area contributed by atoms with Crippen LogP contribution in [0.4, 0.5) is 5.69 Å². The summed E-state index contributed by atoms with van der Waals surface area (Å²) in [5, 5.41) is 9.10. The summed E-state index contributed by atoms with van der Waals surface area (Å²) in [6.07, 6.45) is 0. The Bertz CT molecular complexity index is 770. The first-order valence-corrected chi connectivity index (χ1v) is 7.66. The molecule has 2 aromatic carbocycles. The number of rotatable bonds is 4. The number of carboxylic acid groups (broad SMARTS) is 1. The summed E-state index contributed by atoms with van der Waals surface area (Å²) in [6.45, 7) is 1.50. The van der Waals surface area contributed by atoms with E-state index in [-0.39, 0.29) is 16.0 Å². The second kappa shape index (κ2) is 5.57. The highest BCUT2D eigenvalue weighted by Crippen LogP contribution is 2.25. The molecule has 0 amide bonds. The predicted molar refractivity (Wildman–Crippen MR) is 80.2 cm³/mol. The van der Waals surface area contributed by atoms with E-state index >= 15 is 0 Å². The van der Waals surface area contributed by atoms with Crippen LogP contribution in [0.25, 0.3) is 0 Å². The summed E-state index contributed by atoms with van der Waals surface area (Å²) < 4.78 is 26.5. The highest BCUT2D eigenvalue weighted by molar-refractivity contribution is 7.92. The van der Waals surface area contributed by atoms with Gasteiger partial charge in [0.15, 0.2) is 0 Å². The molecule has 2 aromatic rings. The molecule has 0 heterocycles. The average Bonchev–Trinajstić information content (AvgIpc) is 2.47. The molecule has 1 N–H and O–H groups in total. The summed E-state index contributed by atoms with van der Waals surface area (Å²) in [4.78, 5) is 11.1. The summed E-state index contributed by atoms with van der Waals surface area (Å²) in [6, 6.07) is 12.9. The molecule has 0 spiro atoms. The zero-order valence-corrected chi connectivity index (χ0v) is 12.5. The van der Waals surface area contributed by atoms with Crippen molar-refractivity contribution in [2.24, 2.45) is 0 Å². The molecule has 0 aliphatic rings. The Morgan fingerprint density at radius 2 is 1.67 bits per heavy atom. The molecule has 0 radical (unpaired) electrons. The lowest BCUT2D eigenvalue weighted by atomic mass is 10.1. The molecule has 0 saturated carbocycles. The first kappa shape index (κ1) is 15.1. The molecule has 0 bridgehead atoms. The summed E-state index contributed by atoms with van der Waals surface area (Å²) in [5.74, 6) is -1.15. The third-order valence-electron chi connectivity index (χ3n) is 3.27. The fourth-order valence-corrected chi connectivity index (χ4v) is 3.49. The molecule has 0 fully saturated rings. The van der Waals surface area contributed by atoms with Gasteiger partial charge in [-0.05, 0) is 36.8 Å². The van der Waals surface area contributed by atoms with Crippen LogP contribution < -0.4 is 4.31 Å². The summed E-state index contributed by atoms with van der Waals surface area (Å²) in [5.41, 5.74) is 0.725. The molecular formula is C15H15NO4S. The molecule has 110 valence electrons. The molecule has 21 heavy (non-hydrogen) atoms. The van der Waals surface area contributed by atoms with E-state index in [1.165, 1.54) is 32.2 Å². The van der Waals surface area contributed by atoms with Crippen molar-refractivity contribution in [3.63, 3.8) is 0 Å². The normalized spacial score (nSPS) is 11.1. The zero-order chi connectivity index (χ0) is 15.6. The van der Waals surface area contributed by atoms with Crippen LogP contribution in [0, 0.1) is 6.92 Å². The molecule has 0 aliphatic heterocycles. The predicted octanol–water partition coefficient (Wildman–Crippen LogP) is 2.52. The Hall–Kier alpha value is -2.34. The van der Waals surface area contributed by atoms with Crippen molar-refractivity contribution < 1.29 is 18.3 Å². The van der Waals surface area contributed by atoms with E-state index in [2.05, 4.69) is 0 Å². The molecule has 5 nitrogen and oxygen atoms in total. The maximum absolute atomic E-state index is 12.7. The van der Waals surface area contributed by atoms with Crippen molar-refractivity contribution >= 4 is 21.7 Å². The number of carbonyl (C=O) groups is 1. The first-order valence-electron chi connectivity index (χ1n) is 6.22. The van der Waals surface area contributed by atoms with Crippen molar-refractivity contribution in [1.29, 1.82) is 0 Å². The number of anilines is 1. The van der Waals surface area contributed by atoms with Crippen molar-refractivity contribution in [2.45, 2.75) is 11.8 Å². The fraction of sp³-hybridized carbons (Fsp3) is 0.133. The SMILES string of the molecule is Cc1c(C(=O)O)cccc1S(=O)(=O)N(C)c1ccccc1. The number of aromatic carboxylic acids is 1. The number of para-hydroxylation sites is 1. The Labute approximate surface area is 123 Å². The summed E-state index contributed by atoms with van der Waals surface area (Å²) in [7, 11) is -2.37. The van der Waals surface area contributed by atoms with Gasteiger partial charge in [0.05, 0.1) is 16.1 Å². The van der Waals surface area contributed by atoms with Crippen LogP contribution in [0.1, 0.15) is 15.9 Å². The Kier molecular flexibility index (Phi) is 3.99. The molecule has 0 saturated heterocycles. The number of hydrogen-bond donors (Lipinski definition) is 1. The van der Waals surface area contributed by atoms with E-state index in [0.717, 1.165) is 4.31 Å². The van der Waals surface area contributed by atoms with Gasteiger partial charge in [-0.1, -0.05) is 24.3 Å². The largest absolute Gasteiger partial charge is 0.478 e. The fourth-order valence-electron chi connectivity index (χ4n) is 2.05. The van der Waals surface area contributed by atoms with E-state index in [1.54, 1.807) is 30.3 Å². The maximum atomic E-state index is 12.7. The molecule has 0 unspecified atom stereocenters. The summed E-state index contributed by atoms with van der Waals surface area (Å²) >= 11 is 0.